The quantitative estimate of drug-likeness (QED) is 0.378. The van der Waals surface area contributed by atoms with Crippen molar-refractivity contribution in [3.63, 3.8) is 0 Å². The number of ether oxygens (including phenoxy) is 2. The van der Waals surface area contributed by atoms with Crippen LogP contribution in [0.5, 0.6) is 11.5 Å². The Morgan fingerprint density at radius 3 is 2.56 bits per heavy atom. The van der Waals surface area contributed by atoms with E-state index in [9.17, 15) is 9.90 Å². The first-order valence-corrected chi connectivity index (χ1v) is 14.2. The largest absolute Gasteiger partial charge is 0.483 e. The van der Waals surface area contributed by atoms with Crippen LogP contribution in [-0.4, -0.2) is 59.9 Å². The second-order valence-electron chi connectivity index (χ2n) is 11.7. The van der Waals surface area contributed by atoms with Crippen molar-refractivity contribution in [2.45, 2.75) is 68.2 Å². The van der Waals surface area contributed by atoms with E-state index in [4.69, 9.17) is 9.47 Å². The van der Waals surface area contributed by atoms with E-state index in [2.05, 4.69) is 77.5 Å². The zero-order valence-electron chi connectivity index (χ0n) is 22.7. The number of anilines is 1. The minimum atomic E-state index is -0.923. The first-order valence-electron chi connectivity index (χ1n) is 14.2. The highest BCUT2D eigenvalue weighted by atomic mass is 16.6. The van der Waals surface area contributed by atoms with E-state index >= 15 is 0 Å². The summed E-state index contributed by atoms with van der Waals surface area (Å²) in [6.45, 7) is 3.24. The summed E-state index contributed by atoms with van der Waals surface area (Å²) < 4.78 is 12.6. The summed E-state index contributed by atoms with van der Waals surface area (Å²) in [6, 6.07) is 25.1. The van der Waals surface area contributed by atoms with Gasteiger partial charge in [0.1, 0.15) is 6.10 Å². The van der Waals surface area contributed by atoms with Crippen LogP contribution in [0.3, 0.4) is 0 Å². The number of aliphatic hydroxyl groups is 1. The second kappa shape index (κ2) is 9.10. The fourth-order valence-electron chi connectivity index (χ4n) is 8.27. The van der Waals surface area contributed by atoms with E-state index in [-0.39, 0.29) is 24.2 Å². The normalized spacial score (nSPS) is 30.3. The topological polar surface area (TPSA) is 62.2 Å². The first kappa shape index (κ1) is 24.7. The van der Waals surface area contributed by atoms with Crippen molar-refractivity contribution in [3.05, 3.63) is 89.5 Å². The third kappa shape index (κ3) is 3.57. The lowest BCUT2D eigenvalue weighted by molar-refractivity contribution is -0.188. The van der Waals surface area contributed by atoms with Crippen molar-refractivity contribution >= 4 is 11.7 Å². The zero-order chi connectivity index (χ0) is 26.8. The highest BCUT2D eigenvalue weighted by Crippen LogP contribution is 2.66. The van der Waals surface area contributed by atoms with Crippen LogP contribution in [-0.2, 0) is 23.1 Å². The van der Waals surface area contributed by atoms with Gasteiger partial charge in [0.05, 0.1) is 17.1 Å². The van der Waals surface area contributed by atoms with E-state index < -0.39 is 11.0 Å². The Morgan fingerprint density at radius 1 is 1.08 bits per heavy atom. The molecule has 3 aromatic rings. The number of likely N-dealkylation sites (N-methyl/N-ethyl adjacent to an activating group) is 1. The molecule has 0 radical (unpaired) electrons. The van der Waals surface area contributed by atoms with Crippen LogP contribution >= 0.6 is 0 Å². The van der Waals surface area contributed by atoms with E-state index in [1.54, 1.807) is 0 Å². The number of carbonyl (C=O) groups is 1. The van der Waals surface area contributed by atoms with E-state index in [1.807, 2.05) is 12.1 Å². The highest BCUT2D eigenvalue weighted by molar-refractivity contribution is 5.73. The Morgan fingerprint density at radius 2 is 1.82 bits per heavy atom. The van der Waals surface area contributed by atoms with Gasteiger partial charge in [-0.25, -0.2) is 0 Å². The summed E-state index contributed by atoms with van der Waals surface area (Å²) in [6.07, 6.45) is 3.82. The number of piperidine rings is 1. The molecule has 1 saturated heterocycles. The number of para-hydroxylation sites is 1. The van der Waals surface area contributed by atoms with Gasteiger partial charge in [-0.05, 0) is 68.0 Å². The van der Waals surface area contributed by atoms with Gasteiger partial charge in [0.25, 0.3) is 0 Å². The molecular weight excluding hydrogens is 488 g/mol. The van der Waals surface area contributed by atoms with Crippen molar-refractivity contribution in [2.24, 2.45) is 0 Å². The average Bonchev–Trinajstić information content (AvgIpc) is 3.30. The third-order valence-electron chi connectivity index (χ3n) is 9.97. The number of hydrogen-bond donors (Lipinski definition) is 1. The number of likely N-dealkylation sites (tertiary alicyclic amines) is 1. The van der Waals surface area contributed by atoms with E-state index in [0.717, 1.165) is 50.0 Å². The summed E-state index contributed by atoms with van der Waals surface area (Å²) in [5.74, 6) is 0.772. The van der Waals surface area contributed by atoms with Crippen LogP contribution < -0.4 is 14.4 Å². The molecule has 1 spiro atoms. The SMILES string of the molecule is CC(=O)Oc1ccc2c3c1O[C@H]1C(N(C)c4ccccc4)CC[C@@]4(O)[C@@H](C2)N(CCc2ccccc2)CC[C@]314. The Hall–Kier alpha value is -3.35. The summed E-state index contributed by atoms with van der Waals surface area (Å²) in [4.78, 5) is 16.9. The van der Waals surface area contributed by atoms with Gasteiger partial charge in [-0.15, -0.1) is 0 Å². The van der Waals surface area contributed by atoms with Crippen LogP contribution in [0, 0.1) is 0 Å². The molecule has 2 heterocycles. The molecule has 6 heteroatoms. The molecule has 1 unspecified atom stereocenters. The highest BCUT2D eigenvalue weighted by Gasteiger charge is 2.73. The third-order valence-corrected chi connectivity index (χ3v) is 9.97. The lowest BCUT2D eigenvalue weighted by Gasteiger charge is -2.64. The molecule has 7 rings (SSSR count). The van der Waals surface area contributed by atoms with Crippen molar-refractivity contribution in [1.29, 1.82) is 0 Å². The number of hydrogen-bond acceptors (Lipinski definition) is 6. The second-order valence-corrected chi connectivity index (χ2v) is 11.7. The van der Waals surface area contributed by atoms with Gasteiger partial charge >= 0.3 is 5.97 Å². The molecule has 39 heavy (non-hydrogen) atoms. The van der Waals surface area contributed by atoms with Gasteiger partial charge in [0.15, 0.2) is 11.5 Å². The van der Waals surface area contributed by atoms with Crippen molar-refractivity contribution in [2.75, 3.05) is 25.0 Å². The molecule has 0 aromatic heterocycles. The monoisotopic (exact) mass is 524 g/mol. The predicted octanol–water partition coefficient (Wildman–Crippen LogP) is 4.51. The molecule has 6 nitrogen and oxygen atoms in total. The predicted molar refractivity (Wildman–Crippen MR) is 150 cm³/mol. The number of benzene rings is 3. The molecule has 5 atom stereocenters. The van der Waals surface area contributed by atoms with Crippen LogP contribution in [0.25, 0.3) is 0 Å². The summed E-state index contributed by atoms with van der Waals surface area (Å²) >= 11 is 0. The molecule has 0 amide bonds. The molecule has 202 valence electrons. The smallest absolute Gasteiger partial charge is 0.308 e. The average molecular weight is 525 g/mol. The first-order chi connectivity index (χ1) is 18.9. The molecule has 4 aliphatic rings. The van der Waals surface area contributed by atoms with Gasteiger partial charge in [-0.2, -0.15) is 0 Å². The minimum absolute atomic E-state index is 0.0158. The van der Waals surface area contributed by atoms with Gasteiger partial charge in [0, 0.05) is 37.8 Å². The van der Waals surface area contributed by atoms with Crippen LogP contribution in [0.4, 0.5) is 5.69 Å². The summed E-state index contributed by atoms with van der Waals surface area (Å²) in [5, 5.41) is 12.9. The van der Waals surface area contributed by atoms with E-state index in [1.165, 1.54) is 18.1 Å². The van der Waals surface area contributed by atoms with Crippen molar-refractivity contribution < 1.29 is 19.4 Å². The molecule has 1 N–H and O–H groups in total. The molecular formula is C33H36N2O4. The molecule has 1 saturated carbocycles. The van der Waals surface area contributed by atoms with Crippen LogP contribution in [0.1, 0.15) is 42.9 Å². The Kier molecular flexibility index (Phi) is 5.76. The van der Waals surface area contributed by atoms with E-state index in [0.29, 0.717) is 17.9 Å². The number of carbonyl (C=O) groups excluding carboxylic acids is 1. The lowest BCUT2D eigenvalue weighted by atomic mass is 9.48. The minimum Gasteiger partial charge on any atom is -0.483 e. The van der Waals surface area contributed by atoms with Crippen LogP contribution in [0.2, 0.25) is 0 Å². The fraction of sp³-hybridized carbons (Fsp3) is 0.424. The standard InChI is InChI=1S/C33H36N2O4/c1-22(36)38-27-14-13-24-21-28-33(37)17-15-26(34(2)25-11-7-4-8-12-25)31-32(33,29(24)30(27)39-31)18-20-35(28)19-16-23-9-5-3-6-10-23/h3-14,26,28,31,37H,15-21H2,1-2H3/t26?,28-,31+,32+,33-/m1/s1. The number of nitrogens with zero attached hydrogens (tertiary/aromatic N) is 2. The molecule has 2 aliphatic heterocycles. The van der Waals surface area contributed by atoms with Crippen molar-refractivity contribution in [1.82, 2.24) is 4.90 Å². The summed E-state index contributed by atoms with van der Waals surface area (Å²) in [5.41, 5.74) is 3.28. The van der Waals surface area contributed by atoms with Gasteiger partial charge in [0.2, 0.25) is 0 Å². The Bertz CT molecular complexity index is 1400. The molecule has 2 fully saturated rings. The van der Waals surface area contributed by atoms with Gasteiger partial charge < -0.3 is 19.5 Å². The fourth-order valence-corrected chi connectivity index (χ4v) is 8.27. The maximum Gasteiger partial charge on any atom is 0.308 e. The lowest BCUT2D eigenvalue weighted by Crippen LogP contribution is -2.78. The molecule has 3 aromatic carbocycles. The van der Waals surface area contributed by atoms with Crippen LogP contribution in [0.15, 0.2) is 72.8 Å². The van der Waals surface area contributed by atoms with Gasteiger partial charge in [-0.3, -0.25) is 9.69 Å². The molecule has 2 bridgehead atoms. The Labute approximate surface area is 230 Å². The number of rotatable bonds is 6. The summed E-state index contributed by atoms with van der Waals surface area (Å²) in [7, 11) is 2.14. The van der Waals surface area contributed by atoms with Crippen molar-refractivity contribution in [3.8, 4) is 11.5 Å². The molecule has 2 aliphatic carbocycles. The number of esters is 1. The Balaban J connectivity index is 1.31. The maximum atomic E-state index is 12.9. The van der Waals surface area contributed by atoms with Gasteiger partial charge in [-0.1, -0.05) is 54.6 Å². The maximum absolute atomic E-state index is 12.9. The zero-order valence-corrected chi connectivity index (χ0v) is 22.7.